The Morgan fingerprint density at radius 3 is 2.45 bits per heavy atom. The number of allylic oxidation sites excluding steroid dienone is 2. The summed E-state index contributed by atoms with van der Waals surface area (Å²) in [4.78, 5) is 10.8. The van der Waals surface area contributed by atoms with Crippen LogP contribution < -0.4 is 0 Å². The third kappa shape index (κ3) is 3.40. The lowest BCUT2D eigenvalue weighted by atomic mass is 10.2. The van der Waals surface area contributed by atoms with Crippen LogP contribution in [0.4, 0.5) is 0 Å². The molecule has 0 aliphatic heterocycles. The van der Waals surface area contributed by atoms with Crippen LogP contribution in [0.2, 0.25) is 0 Å². The molecule has 0 aliphatic rings. The molecule has 0 rings (SSSR count). The topological polar surface area (TPSA) is 26.3 Å². The van der Waals surface area contributed by atoms with Crippen LogP contribution in [0.25, 0.3) is 0 Å². The van der Waals surface area contributed by atoms with Gasteiger partial charge in [-0.15, -0.1) is 0 Å². The fourth-order valence-corrected chi connectivity index (χ4v) is 0.524. The lowest BCUT2D eigenvalue weighted by molar-refractivity contribution is -0.135. The fourth-order valence-electron chi connectivity index (χ4n) is 0.524. The molecule has 0 heterocycles. The van der Waals surface area contributed by atoms with Crippen LogP contribution in [-0.4, -0.2) is 13.1 Å². The van der Waals surface area contributed by atoms with Gasteiger partial charge in [-0.1, -0.05) is 24.8 Å². The van der Waals surface area contributed by atoms with Crippen molar-refractivity contribution in [2.45, 2.75) is 6.92 Å². The molecule has 0 unspecified atom stereocenters. The second kappa shape index (κ2) is 4.50. The zero-order chi connectivity index (χ0) is 8.85. The van der Waals surface area contributed by atoms with Crippen molar-refractivity contribution in [1.82, 2.24) is 0 Å². The van der Waals surface area contributed by atoms with E-state index in [1.54, 1.807) is 12.2 Å². The summed E-state index contributed by atoms with van der Waals surface area (Å²) < 4.78 is 4.44. The summed E-state index contributed by atoms with van der Waals surface area (Å²) in [7, 11) is 1.32. The summed E-state index contributed by atoms with van der Waals surface area (Å²) in [6.07, 6.45) is 3.27. The number of ether oxygens (including phenoxy) is 1. The number of carbonyl (C=O) groups is 1. The zero-order valence-electron chi connectivity index (χ0n) is 6.89. The van der Waals surface area contributed by atoms with E-state index in [0.29, 0.717) is 5.57 Å². The van der Waals surface area contributed by atoms with Gasteiger partial charge in [-0.2, -0.15) is 0 Å². The highest BCUT2D eigenvalue weighted by atomic mass is 16.5. The fraction of sp³-hybridized carbons (Fsp3) is 0.222. The van der Waals surface area contributed by atoms with E-state index in [1.807, 2.05) is 6.92 Å². The van der Waals surface area contributed by atoms with Crippen molar-refractivity contribution >= 4 is 5.97 Å². The van der Waals surface area contributed by atoms with Gasteiger partial charge < -0.3 is 4.74 Å². The maximum absolute atomic E-state index is 10.8. The van der Waals surface area contributed by atoms with Gasteiger partial charge in [-0.05, 0) is 13.0 Å². The molecule has 0 fully saturated rings. The molecule has 0 atom stereocenters. The standard InChI is InChI=1S/C9H12O2/c1-5-7(2)6-8(3)9(10)11-4/h5-6H,1,3H2,2,4H3/b7-6+. The smallest absolute Gasteiger partial charge is 0.337 e. The summed E-state index contributed by atoms with van der Waals surface area (Å²) in [5.41, 5.74) is 1.23. The molecule has 0 spiro atoms. The summed E-state index contributed by atoms with van der Waals surface area (Å²) >= 11 is 0. The molecule has 11 heavy (non-hydrogen) atoms. The van der Waals surface area contributed by atoms with Gasteiger partial charge in [0.15, 0.2) is 0 Å². The molecular weight excluding hydrogens is 140 g/mol. The SMILES string of the molecule is C=C/C(C)=C/C(=C)C(=O)OC. The first-order valence-electron chi connectivity index (χ1n) is 3.19. The predicted molar refractivity (Wildman–Crippen MR) is 45.1 cm³/mol. The van der Waals surface area contributed by atoms with Crippen LogP contribution in [0.15, 0.2) is 36.5 Å². The number of carbonyl (C=O) groups excluding carboxylic acids is 1. The minimum Gasteiger partial charge on any atom is -0.465 e. The van der Waals surface area contributed by atoms with Gasteiger partial charge in [-0.3, -0.25) is 0 Å². The minimum absolute atomic E-state index is 0.338. The average Bonchev–Trinajstić information content (AvgIpc) is 2.02. The molecule has 2 heteroatoms. The molecule has 0 saturated carbocycles. The van der Waals surface area contributed by atoms with Gasteiger partial charge in [0.25, 0.3) is 0 Å². The maximum Gasteiger partial charge on any atom is 0.337 e. The Morgan fingerprint density at radius 1 is 1.55 bits per heavy atom. The molecule has 0 aromatic carbocycles. The van der Waals surface area contributed by atoms with Gasteiger partial charge in [0.05, 0.1) is 12.7 Å². The highest BCUT2D eigenvalue weighted by Crippen LogP contribution is 2.01. The van der Waals surface area contributed by atoms with E-state index in [9.17, 15) is 4.79 Å². The highest BCUT2D eigenvalue weighted by Gasteiger charge is 2.01. The highest BCUT2D eigenvalue weighted by molar-refractivity contribution is 5.90. The van der Waals surface area contributed by atoms with Gasteiger partial charge in [0.2, 0.25) is 0 Å². The molecule has 0 saturated heterocycles. The quantitative estimate of drug-likeness (QED) is 0.350. The predicted octanol–water partition coefficient (Wildman–Crippen LogP) is 1.85. The van der Waals surface area contributed by atoms with E-state index in [-0.39, 0.29) is 0 Å². The van der Waals surface area contributed by atoms with Crippen LogP contribution in [0.5, 0.6) is 0 Å². The first-order chi connectivity index (χ1) is 5.11. The van der Waals surface area contributed by atoms with E-state index in [1.165, 1.54) is 7.11 Å². The van der Waals surface area contributed by atoms with E-state index < -0.39 is 5.97 Å². The summed E-state index contributed by atoms with van der Waals surface area (Å²) in [6, 6.07) is 0. The number of methoxy groups -OCH3 is 1. The summed E-state index contributed by atoms with van der Waals surface area (Å²) in [5.74, 6) is -0.411. The molecule has 60 valence electrons. The maximum atomic E-state index is 10.8. The molecule has 2 nitrogen and oxygen atoms in total. The van der Waals surface area contributed by atoms with E-state index in [0.717, 1.165) is 5.57 Å². The molecule has 0 aliphatic carbocycles. The Morgan fingerprint density at radius 2 is 2.09 bits per heavy atom. The average molecular weight is 152 g/mol. The Hall–Kier alpha value is -1.31. The third-order valence-corrected chi connectivity index (χ3v) is 1.17. The first kappa shape index (κ1) is 9.69. The van der Waals surface area contributed by atoms with Crippen molar-refractivity contribution in [3.8, 4) is 0 Å². The van der Waals surface area contributed by atoms with E-state index in [2.05, 4.69) is 17.9 Å². The largest absolute Gasteiger partial charge is 0.465 e. The van der Waals surface area contributed by atoms with Crippen LogP contribution in [-0.2, 0) is 9.53 Å². The Bertz CT molecular complexity index is 212. The number of hydrogen-bond acceptors (Lipinski definition) is 2. The third-order valence-electron chi connectivity index (χ3n) is 1.17. The van der Waals surface area contributed by atoms with Crippen molar-refractivity contribution in [2.24, 2.45) is 0 Å². The van der Waals surface area contributed by atoms with Crippen LogP contribution in [0.1, 0.15) is 6.92 Å². The van der Waals surface area contributed by atoms with Gasteiger partial charge in [0.1, 0.15) is 0 Å². The zero-order valence-corrected chi connectivity index (χ0v) is 6.89. The van der Waals surface area contributed by atoms with Gasteiger partial charge >= 0.3 is 5.97 Å². The molecule has 0 aromatic rings. The minimum atomic E-state index is -0.411. The van der Waals surface area contributed by atoms with Crippen molar-refractivity contribution in [3.05, 3.63) is 36.5 Å². The first-order valence-corrected chi connectivity index (χ1v) is 3.19. The lowest BCUT2D eigenvalue weighted by Crippen LogP contribution is -2.01. The number of rotatable bonds is 3. The van der Waals surface area contributed by atoms with Crippen molar-refractivity contribution < 1.29 is 9.53 Å². The number of hydrogen-bond donors (Lipinski definition) is 0. The van der Waals surface area contributed by atoms with E-state index >= 15 is 0 Å². The molecular formula is C9H12O2. The number of esters is 1. The normalized spacial score (nSPS) is 10.5. The summed E-state index contributed by atoms with van der Waals surface area (Å²) in [6.45, 7) is 8.89. The van der Waals surface area contributed by atoms with Crippen molar-refractivity contribution in [3.63, 3.8) is 0 Å². The van der Waals surface area contributed by atoms with Crippen molar-refractivity contribution in [1.29, 1.82) is 0 Å². The Kier molecular flexibility index (Phi) is 3.96. The van der Waals surface area contributed by atoms with Gasteiger partial charge in [0, 0.05) is 0 Å². The van der Waals surface area contributed by atoms with Crippen molar-refractivity contribution in [2.75, 3.05) is 7.11 Å². The molecule has 0 radical (unpaired) electrons. The second-order valence-corrected chi connectivity index (χ2v) is 2.11. The summed E-state index contributed by atoms with van der Waals surface area (Å²) in [5, 5.41) is 0. The Labute approximate surface area is 66.9 Å². The van der Waals surface area contributed by atoms with E-state index in [4.69, 9.17) is 0 Å². The Balaban J connectivity index is 4.28. The lowest BCUT2D eigenvalue weighted by Gasteiger charge is -1.97. The van der Waals surface area contributed by atoms with Crippen LogP contribution >= 0.6 is 0 Å². The molecule has 0 aromatic heterocycles. The molecule has 0 N–H and O–H groups in total. The van der Waals surface area contributed by atoms with Crippen LogP contribution in [0, 0.1) is 0 Å². The van der Waals surface area contributed by atoms with Gasteiger partial charge in [-0.25, -0.2) is 4.79 Å². The second-order valence-electron chi connectivity index (χ2n) is 2.11. The molecule has 0 amide bonds. The monoisotopic (exact) mass is 152 g/mol. The molecule has 0 bridgehead atoms. The van der Waals surface area contributed by atoms with Crippen LogP contribution in [0.3, 0.4) is 0 Å².